The van der Waals surface area contributed by atoms with Gasteiger partial charge in [0.1, 0.15) is 5.82 Å². The zero-order valence-corrected chi connectivity index (χ0v) is 7.49. The van der Waals surface area contributed by atoms with Crippen LogP contribution in [-0.4, -0.2) is 22.2 Å². The zero-order valence-electron chi connectivity index (χ0n) is 7.49. The van der Waals surface area contributed by atoms with Crippen LogP contribution in [0.15, 0.2) is 16.9 Å². The molecule has 1 aliphatic rings. The third-order valence-corrected chi connectivity index (χ3v) is 2.24. The predicted molar refractivity (Wildman–Crippen MR) is 50.5 cm³/mol. The van der Waals surface area contributed by atoms with Crippen molar-refractivity contribution in [3.63, 3.8) is 0 Å². The minimum absolute atomic E-state index is 0.0530. The second-order valence-corrected chi connectivity index (χ2v) is 3.19. The number of nitrogens with zero attached hydrogens (tertiary/aromatic N) is 1. The van der Waals surface area contributed by atoms with Gasteiger partial charge in [0.15, 0.2) is 0 Å². The van der Waals surface area contributed by atoms with Crippen LogP contribution >= 0.6 is 0 Å². The molecule has 74 valence electrons. The van der Waals surface area contributed by atoms with Crippen LogP contribution in [0.25, 0.3) is 0 Å². The molecule has 0 fully saturated rings. The Hall–Kier alpha value is -1.78. The van der Waals surface area contributed by atoms with Gasteiger partial charge < -0.3 is 10.4 Å². The van der Waals surface area contributed by atoms with Crippen LogP contribution < -0.4 is 10.9 Å². The molecule has 1 aromatic rings. The molecule has 2 N–H and O–H groups in total. The van der Waals surface area contributed by atoms with E-state index in [9.17, 15) is 9.59 Å². The van der Waals surface area contributed by atoms with Gasteiger partial charge >= 0.3 is 5.97 Å². The van der Waals surface area contributed by atoms with E-state index in [-0.39, 0.29) is 12.0 Å². The Morgan fingerprint density at radius 3 is 3.07 bits per heavy atom. The maximum absolute atomic E-state index is 11.3. The number of carboxylic acid groups (broad SMARTS) is 1. The summed E-state index contributed by atoms with van der Waals surface area (Å²) < 4.78 is 1.57. The third kappa shape index (κ3) is 1.37. The summed E-state index contributed by atoms with van der Waals surface area (Å²) in [7, 11) is 0. The number of anilines is 1. The average molecular weight is 194 g/mol. The van der Waals surface area contributed by atoms with E-state index in [0.29, 0.717) is 24.5 Å². The normalized spacial score (nSPS) is 13.4. The maximum Gasteiger partial charge on any atom is 0.307 e. The fourth-order valence-electron chi connectivity index (χ4n) is 1.65. The van der Waals surface area contributed by atoms with Crippen molar-refractivity contribution >= 4 is 11.8 Å². The molecule has 0 atom stereocenters. The fraction of sp³-hybridized carbons (Fsp3) is 0.333. The van der Waals surface area contributed by atoms with Crippen molar-refractivity contribution < 1.29 is 9.90 Å². The summed E-state index contributed by atoms with van der Waals surface area (Å²) in [5, 5.41) is 11.7. The second-order valence-electron chi connectivity index (χ2n) is 3.19. The lowest BCUT2D eigenvalue weighted by atomic mass is 10.2. The summed E-state index contributed by atoms with van der Waals surface area (Å²) in [6.07, 6.45) is -0.0530. The molecule has 1 aromatic heterocycles. The van der Waals surface area contributed by atoms with Crippen molar-refractivity contribution in [2.75, 3.05) is 11.9 Å². The van der Waals surface area contributed by atoms with Crippen LogP contribution in [0.1, 0.15) is 5.56 Å². The highest BCUT2D eigenvalue weighted by Gasteiger charge is 2.16. The number of carbonyl (C=O) groups is 1. The molecule has 0 aromatic carbocycles. The van der Waals surface area contributed by atoms with Crippen LogP contribution in [0.4, 0.5) is 5.82 Å². The van der Waals surface area contributed by atoms with Crippen LogP contribution in [0, 0.1) is 0 Å². The Bertz CT molecular complexity index is 436. The van der Waals surface area contributed by atoms with Crippen LogP contribution in [0.2, 0.25) is 0 Å². The quantitative estimate of drug-likeness (QED) is 0.689. The predicted octanol–water partition coefficient (Wildman–Crippen LogP) is -0.0991. The number of fused-ring (bicyclic) bond motifs is 1. The number of aliphatic carboxylic acids is 1. The molecule has 0 unspecified atom stereocenters. The fourth-order valence-corrected chi connectivity index (χ4v) is 1.65. The van der Waals surface area contributed by atoms with Gasteiger partial charge in [-0.25, -0.2) is 0 Å². The summed E-state index contributed by atoms with van der Waals surface area (Å²) in [5.74, 6) is -0.236. The van der Waals surface area contributed by atoms with E-state index in [4.69, 9.17) is 5.11 Å². The van der Waals surface area contributed by atoms with Gasteiger partial charge in [-0.2, -0.15) is 0 Å². The largest absolute Gasteiger partial charge is 0.481 e. The van der Waals surface area contributed by atoms with E-state index in [2.05, 4.69) is 5.32 Å². The Labute approximate surface area is 80.0 Å². The van der Waals surface area contributed by atoms with Gasteiger partial charge in [-0.15, -0.1) is 0 Å². The Balaban J connectivity index is 2.48. The number of hydrogen-bond acceptors (Lipinski definition) is 3. The van der Waals surface area contributed by atoms with E-state index >= 15 is 0 Å². The highest BCUT2D eigenvalue weighted by Crippen LogP contribution is 2.17. The summed E-state index contributed by atoms with van der Waals surface area (Å²) in [5.41, 5.74) is 0.578. The van der Waals surface area contributed by atoms with E-state index in [1.54, 1.807) is 10.6 Å². The van der Waals surface area contributed by atoms with Crippen molar-refractivity contribution in [2.24, 2.45) is 0 Å². The number of aromatic nitrogens is 1. The number of pyridine rings is 1. The van der Waals surface area contributed by atoms with Crippen molar-refractivity contribution in [1.82, 2.24) is 4.57 Å². The number of carboxylic acids is 1. The van der Waals surface area contributed by atoms with Crippen molar-refractivity contribution in [1.29, 1.82) is 0 Å². The Morgan fingerprint density at radius 1 is 1.57 bits per heavy atom. The summed E-state index contributed by atoms with van der Waals surface area (Å²) >= 11 is 0. The lowest BCUT2D eigenvalue weighted by molar-refractivity contribution is -0.136. The molecule has 0 saturated carbocycles. The smallest absolute Gasteiger partial charge is 0.307 e. The van der Waals surface area contributed by atoms with Gasteiger partial charge in [-0.3, -0.25) is 14.2 Å². The van der Waals surface area contributed by atoms with E-state index in [1.807, 2.05) is 0 Å². The molecule has 5 heteroatoms. The molecular formula is C9H10N2O3. The first-order valence-corrected chi connectivity index (χ1v) is 4.37. The highest BCUT2D eigenvalue weighted by atomic mass is 16.4. The van der Waals surface area contributed by atoms with E-state index < -0.39 is 5.97 Å². The van der Waals surface area contributed by atoms with Gasteiger partial charge in [-0.1, -0.05) is 0 Å². The Morgan fingerprint density at radius 2 is 2.36 bits per heavy atom. The number of rotatable bonds is 2. The highest BCUT2D eigenvalue weighted by molar-refractivity contribution is 5.72. The first-order valence-electron chi connectivity index (χ1n) is 4.37. The zero-order chi connectivity index (χ0) is 10.1. The minimum atomic E-state index is -0.889. The molecule has 0 radical (unpaired) electrons. The van der Waals surface area contributed by atoms with Gasteiger partial charge in [0.05, 0.1) is 6.42 Å². The molecular weight excluding hydrogens is 184 g/mol. The number of hydrogen-bond donors (Lipinski definition) is 2. The van der Waals surface area contributed by atoms with Crippen LogP contribution in [0.5, 0.6) is 0 Å². The molecule has 0 bridgehead atoms. The van der Waals surface area contributed by atoms with Crippen molar-refractivity contribution in [3.8, 4) is 0 Å². The molecule has 2 heterocycles. The summed E-state index contributed by atoms with van der Waals surface area (Å²) in [4.78, 5) is 21.9. The molecule has 0 aliphatic carbocycles. The van der Waals surface area contributed by atoms with E-state index in [1.165, 1.54) is 6.07 Å². The van der Waals surface area contributed by atoms with Gasteiger partial charge in [0.25, 0.3) is 5.56 Å². The SMILES string of the molecule is O=C(O)Cc1ccc(=O)n2c1NCC2. The lowest BCUT2D eigenvalue weighted by Gasteiger charge is -2.06. The molecule has 2 rings (SSSR count). The standard InChI is InChI=1S/C9H10N2O3/c12-7-2-1-6(5-8(13)14)9-10-3-4-11(7)9/h1-2,10H,3-5H2,(H,13,14). The topological polar surface area (TPSA) is 71.3 Å². The molecule has 5 nitrogen and oxygen atoms in total. The van der Waals surface area contributed by atoms with E-state index in [0.717, 1.165) is 0 Å². The minimum Gasteiger partial charge on any atom is -0.481 e. The maximum atomic E-state index is 11.3. The summed E-state index contributed by atoms with van der Waals surface area (Å²) in [6.45, 7) is 1.30. The van der Waals surface area contributed by atoms with Crippen molar-refractivity contribution in [3.05, 3.63) is 28.0 Å². The molecule has 0 amide bonds. The third-order valence-electron chi connectivity index (χ3n) is 2.24. The average Bonchev–Trinajstić information content (AvgIpc) is 2.58. The molecule has 0 spiro atoms. The van der Waals surface area contributed by atoms with Gasteiger partial charge in [0, 0.05) is 24.7 Å². The Kier molecular flexibility index (Phi) is 1.99. The number of nitrogens with one attached hydrogen (secondary N) is 1. The molecule has 1 aliphatic heterocycles. The first-order chi connectivity index (χ1) is 6.68. The van der Waals surface area contributed by atoms with Gasteiger partial charge in [-0.05, 0) is 6.07 Å². The second kappa shape index (κ2) is 3.17. The van der Waals surface area contributed by atoms with Crippen LogP contribution in [-0.2, 0) is 17.8 Å². The molecule has 0 saturated heterocycles. The summed E-state index contributed by atoms with van der Waals surface area (Å²) in [6, 6.07) is 2.98. The van der Waals surface area contributed by atoms with Gasteiger partial charge in [0.2, 0.25) is 0 Å². The monoisotopic (exact) mass is 194 g/mol. The van der Waals surface area contributed by atoms with Crippen LogP contribution in [0.3, 0.4) is 0 Å². The van der Waals surface area contributed by atoms with Crippen molar-refractivity contribution in [2.45, 2.75) is 13.0 Å². The lowest BCUT2D eigenvalue weighted by Crippen LogP contribution is -2.18. The first kappa shape index (κ1) is 8.80. The molecule has 14 heavy (non-hydrogen) atoms.